The molecule has 0 radical (unpaired) electrons. The van der Waals surface area contributed by atoms with Gasteiger partial charge in [0.25, 0.3) is 0 Å². The van der Waals surface area contributed by atoms with Gasteiger partial charge in [0.05, 0.1) is 31.8 Å². The van der Waals surface area contributed by atoms with E-state index in [1.165, 1.54) is 0 Å². The smallest absolute Gasteiger partial charge is 0.242 e. The number of nitrogens with one attached hydrogen (secondary N) is 1. The molecule has 1 aromatic rings. The van der Waals surface area contributed by atoms with Crippen LogP contribution < -0.4 is 11.1 Å². The molecule has 0 aromatic carbocycles. The van der Waals surface area contributed by atoms with Crippen molar-refractivity contribution < 1.29 is 14.3 Å². The third-order valence-corrected chi connectivity index (χ3v) is 3.88. The Hall–Kier alpha value is -1.93. The molecule has 1 aliphatic heterocycles. The van der Waals surface area contributed by atoms with E-state index in [0.717, 1.165) is 0 Å². The lowest BCUT2D eigenvalue weighted by Gasteiger charge is -2.33. The molecule has 2 amide bonds. The van der Waals surface area contributed by atoms with Crippen LogP contribution in [0, 0.1) is 5.92 Å². The van der Waals surface area contributed by atoms with E-state index in [9.17, 15) is 9.59 Å². The first-order chi connectivity index (χ1) is 11.0. The quantitative estimate of drug-likeness (QED) is 0.714. The summed E-state index contributed by atoms with van der Waals surface area (Å²) < 4.78 is 7.44. The van der Waals surface area contributed by atoms with Crippen molar-refractivity contribution in [2.75, 3.05) is 26.2 Å². The highest BCUT2D eigenvalue weighted by molar-refractivity contribution is 5.87. The fourth-order valence-electron chi connectivity index (χ4n) is 2.37. The normalized spacial score (nSPS) is 19.7. The van der Waals surface area contributed by atoms with E-state index in [0.29, 0.717) is 26.2 Å². The van der Waals surface area contributed by atoms with Gasteiger partial charge in [-0.15, -0.1) is 0 Å². The number of carbonyl (C=O) groups excluding carboxylic acids is 2. The van der Waals surface area contributed by atoms with E-state index in [1.807, 2.05) is 26.1 Å². The Balaban J connectivity index is 1.79. The minimum Gasteiger partial charge on any atom is -0.373 e. The zero-order valence-corrected chi connectivity index (χ0v) is 13.6. The summed E-state index contributed by atoms with van der Waals surface area (Å²) in [5.74, 6) is -0.385. The Bertz CT molecular complexity index is 517. The Morgan fingerprint density at radius 3 is 2.91 bits per heavy atom. The molecule has 2 atom stereocenters. The molecule has 3 N–H and O–H groups in total. The molecule has 1 saturated heterocycles. The number of nitrogens with two attached hydrogens (primary N) is 1. The van der Waals surface area contributed by atoms with Crippen LogP contribution in [0.15, 0.2) is 18.5 Å². The van der Waals surface area contributed by atoms with Crippen LogP contribution in [0.3, 0.4) is 0 Å². The van der Waals surface area contributed by atoms with E-state index in [1.54, 1.807) is 15.8 Å². The molecule has 0 spiro atoms. The minimum atomic E-state index is -0.597. The number of amides is 2. The lowest BCUT2D eigenvalue weighted by Crippen LogP contribution is -2.52. The molecule has 1 aliphatic rings. The highest BCUT2D eigenvalue weighted by atomic mass is 16.5. The van der Waals surface area contributed by atoms with Gasteiger partial charge in [-0.2, -0.15) is 5.10 Å². The second kappa shape index (κ2) is 8.07. The number of hydrogen-bond donors (Lipinski definition) is 2. The number of ether oxygens (including phenoxy) is 1. The summed E-state index contributed by atoms with van der Waals surface area (Å²) in [5.41, 5.74) is 5.76. The molecule has 128 valence electrons. The van der Waals surface area contributed by atoms with Crippen molar-refractivity contribution in [3.63, 3.8) is 0 Å². The molecule has 1 fully saturated rings. The number of nitrogens with zero attached hydrogens (tertiary/aromatic N) is 3. The van der Waals surface area contributed by atoms with Gasteiger partial charge in [-0.1, -0.05) is 13.8 Å². The van der Waals surface area contributed by atoms with Crippen LogP contribution in [-0.4, -0.2) is 64.9 Å². The van der Waals surface area contributed by atoms with Crippen LogP contribution >= 0.6 is 0 Å². The fraction of sp³-hybridized carbons (Fsp3) is 0.667. The average molecular weight is 323 g/mol. The third-order valence-electron chi connectivity index (χ3n) is 3.88. The lowest BCUT2D eigenvalue weighted by atomic mass is 10.1. The largest absolute Gasteiger partial charge is 0.373 e. The maximum Gasteiger partial charge on any atom is 0.242 e. The molecule has 23 heavy (non-hydrogen) atoms. The van der Waals surface area contributed by atoms with Gasteiger partial charge < -0.3 is 20.7 Å². The van der Waals surface area contributed by atoms with Crippen molar-refractivity contribution in [3.8, 4) is 0 Å². The Morgan fingerprint density at radius 2 is 2.26 bits per heavy atom. The maximum atomic E-state index is 12.2. The van der Waals surface area contributed by atoms with Crippen LogP contribution in [0.1, 0.15) is 13.8 Å². The monoisotopic (exact) mass is 323 g/mol. The number of aromatic nitrogens is 2. The summed E-state index contributed by atoms with van der Waals surface area (Å²) in [7, 11) is 0. The first-order valence-corrected chi connectivity index (χ1v) is 7.87. The summed E-state index contributed by atoms with van der Waals surface area (Å²) >= 11 is 0. The van der Waals surface area contributed by atoms with Crippen molar-refractivity contribution in [2.24, 2.45) is 11.7 Å². The molecule has 0 aliphatic carbocycles. The SMILES string of the molecule is CC(C)[C@H](N)C(=O)NCC(=O)N1CCOC(Cn2cccn2)C1. The second-order valence-electron chi connectivity index (χ2n) is 6.05. The first kappa shape index (κ1) is 17.4. The molecule has 0 saturated carbocycles. The molecule has 8 heteroatoms. The molecule has 1 unspecified atom stereocenters. The molecule has 8 nitrogen and oxygen atoms in total. The van der Waals surface area contributed by atoms with Crippen LogP contribution in [0.2, 0.25) is 0 Å². The van der Waals surface area contributed by atoms with Gasteiger partial charge in [-0.3, -0.25) is 14.3 Å². The van der Waals surface area contributed by atoms with E-state index in [-0.39, 0.29) is 30.4 Å². The van der Waals surface area contributed by atoms with Crippen LogP contribution in [-0.2, 0) is 20.9 Å². The van der Waals surface area contributed by atoms with Crippen molar-refractivity contribution in [1.82, 2.24) is 20.0 Å². The van der Waals surface area contributed by atoms with Gasteiger partial charge in [-0.05, 0) is 12.0 Å². The summed E-state index contributed by atoms with van der Waals surface area (Å²) in [6, 6.07) is 1.25. The Labute approximate surface area is 135 Å². The van der Waals surface area contributed by atoms with Gasteiger partial charge >= 0.3 is 0 Å². The molecule has 2 heterocycles. The van der Waals surface area contributed by atoms with Gasteiger partial charge in [0.1, 0.15) is 0 Å². The highest BCUT2D eigenvalue weighted by Crippen LogP contribution is 2.07. The zero-order chi connectivity index (χ0) is 16.8. The van der Waals surface area contributed by atoms with Gasteiger partial charge in [0, 0.05) is 25.5 Å². The lowest BCUT2D eigenvalue weighted by molar-refractivity contribution is -0.140. The molecule has 0 bridgehead atoms. The Morgan fingerprint density at radius 1 is 1.48 bits per heavy atom. The van der Waals surface area contributed by atoms with Crippen molar-refractivity contribution in [3.05, 3.63) is 18.5 Å². The zero-order valence-electron chi connectivity index (χ0n) is 13.6. The van der Waals surface area contributed by atoms with Gasteiger partial charge in [-0.25, -0.2) is 0 Å². The highest BCUT2D eigenvalue weighted by Gasteiger charge is 2.25. The summed E-state index contributed by atoms with van der Waals surface area (Å²) in [6.45, 7) is 5.80. The number of hydrogen-bond acceptors (Lipinski definition) is 5. The summed E-state index contributed by atoms with van der Waals surface area (Å²) in [5, 5.41) is 6.75. The number of morpholine rings is 1. The van der Waals surface area contributed by atoms with Crippen LogP contribution in [0.5, 0.6) is 0 Å². The maximum absolute atomic E-state index is 12.2. The van der Waals surface area contributed by atoms with Gasteiger partial charge in [0.15, 0.2) is 0 Å². The summed E-state index contributed by atoms with van der Waals surface area (Å²) in [4.78, 5) is 25.7. The summed E-state index contributed by atoms with van der Waals surface area (Å²) in [6.07, 6.45) is 3.47. The number of rotatable bonds is 6. The first-order valence-electron chi connectivity index (χ1n) is 7.87. The van der Waals surface area contributed by atoms with Crippen LogP contribution in [0.4, 0.5) is 0 Å². The Kier molecular flexibility index (Phi) is 6.12. The molecular weight excluding hydrogens is 298 g/mol. The van der Waals surface area contributed by atoms with E-state index >= 15 is 0 Å². The minimum absolute atomic E-state index is 0.0340. The average Bonchev–Trinajstić information content (AvgIpc) is 3.04. The predicted octanol–water partition coefficient (Wildman–Crippen LogP) is -0.790. The van der Waals surface area contributed by atoms with E-state index in [4.69, 9.17) is 10.5 Å². The fourth-order valence-corrected chi connectivity index (χ4v) is 2.37. The van der Waals surface area contributed by atoms with Gasteiger partial charge in [0.2, 0.25) is 11.8 Å². The van der Waals surface area contributed by atoms with E-state index < -0.39 is 6.04 Å². The van der Waals surface area contributed by atoms with Crippen LogP contribution in [0.25, 0.3) is 0 Å². The van der Waals surface area contributed by atoms with Crippen molar-refractivity contribution in [1.29, 1.82) is 0 Å². The predicted molar refractivity (Wildman–Crippen MR) is 84.4 cm³/mol. The second-order valence-corrected chi connectivity index (χ2v) is 6.05. The van der Waals surface area contributed by atoms with E-state index in [2.05, 4.69) is 10.4 Å². The standard InChI is InChI=1S/C15H25N5O3/c1-11(2)14(16)15(22)17-8-13(21)19-6-7-23-12(9-19)10-20-5-3-4-18-20/h3-5,11-12,14H,6-10,16H2,1-2H3,(H,17,22)/t12?,14-/m0/s1. The number of carbonyl (C=O) groups is 2. The third kappa shape index (κ3) is 5.04. The van der Waals surface area contributed by atoms with Crippen molar-refractivity contribution >= 4 is 11.8 Å². The molecule has 1 aromatic heterocycles. The topological polar surface area (TPSA) is 102 Å². The molecule has 2 rings (SSSR count). The van der Waals surface area contributed by atoms with Crippen molar-refractivity contribution in [2.45, 2.75) is 32.5 Å². The molecular formula is C15H25N5O3.